The fourth-order valence-electron chi connectivity index (χ4n) is 2.37. The van der Waals surface area contributed by atoms with Gasteiger partial charge in [-0.2, -0.15) is 0 Å². The first-order valence-electron chi connectivity index (χ1n) is 5.44. The Morgan fingerprint density at radius 1 is 1.41 bits per heavy atom. The minimum atomic E-state index is 0.00574. The number of thioether (sulfide) groups is 1. The first kappa shape index (κ1) is 11.5. The summed E-state index contributed by atoms with van der Waals surface area (Å²) in [6.45, 7) is 0. The molecule has 4 heteroatoms. The van der Waals surface area contributed by atoms with Gasteiger partial charge in [0.2, 0.25) is 16.8 Å². The molecule has 1 fully saturated rings. The molecule has 2 nitrogen and oxygen atoms in total. The van der Waals surface area contributed by atoms with E-state index in [0.717, 1.165) is 12.0 Å². The highest BCUT2D eigenvalue weighted by Crippen LogP contribution is 2.29. The number of nitrogens with zero attached hydrogens (tertiary/aromatic N) is 1. The fourth-order valence-corrected chi connectivity index (χ4v) is 4.51. The molecule has 0 spiro atoms. The van der Waals surface area contributed by atoms with Crippen LogP contribution in [-0.2, 0) is 4.79 Å². The summed E-state index contributed by atoms with van der Waals surface area (Å²) in [6.07, 6.45) is 3.29. The van der Waals surface area contributed by atoms with Crippen LogP contribution in [0, 0.1) is 0 Å². The van der Waals surface area contributed by atoms with Gasteiger partial charge in [-0.1, -0.05) is 46.5 Å². The molecule has 2 heterocycles. The van der Waals surface area contributed by atoms with Crippen molar-refractivity contribution in [2.24, 2.45) is 0 Å². The van der Waals surface area contributed by atoms with Crippen molar-refractivity contribution in [1.82, 2.24) is 4.58 Å². The molecule has 0 saturated carbocycles. The van der Waals surface area contributed by atoms with Gasteiger partial charge < -0.3 is 0 Å². The van der Waals surface area contributed by atoms with Gasteiger partial charge in [0.15, 0.2) is 6.29 Å². The minimum absolute atomic E-state index is 0.00574. The maximum absolute atomic E-state index is 11.2. The van der Waals surface area contributed by atoms with Crippen molar-refractivity contribution in [3.05, 3.63) is 44.5 Å². The molecule has 2 aliphatic rings. The molecule has 0 aromatic heterocycles. The Morgan fingerprint density at radius 3 is 3.00 bits per heavy atom. The average molecular weight is 356 g/mol. The molecule has 0 amide bonds. The van der Waals surface area contributed by atoms with Crippen LogP contribution in [0.2, 0.25) is 0 Å². The zero-order valence-corrected chi connectivity index (χ0v) is 12.0. The number of aldehydes is 1. The van der Waals surface area contributed by atoms with E-state index < -0.39 is 0 Å². The number of halogens is 1. The first-order chi connectivity index (χ1) is 8.35. The Morgan fingerprint density at radius 2 is 2.24 bits per heavy atom. The number of hydrogen-bond donors (Lipinski definition) is 0. The molecule has 0 radical (unpaired) electrons. The van der Waals surface area contributed by atoms with Crippen LogP contribution in [0.3, 0.4) is 0 Å². The van der Waals surface area contributed by atoms with Gasteiger partial charge in [-0.3, -0.25) is 4.79 Å². The predicted octanol–water partition coefficient (Wildman–Crippen LogP) is 0.931. The lowest BCUT2D eigenvalue weighted by molar-refractivity contribution is -0.109. The molecule has 0 N–H and O–H groups in total. The van der Waals surface area contributed by atoms with Crippen molar-refractivity contribution in [1.29, 1.82) is 0 Å². The SMILES string of the molecule is O=CC1CSC2C(=CI)C=c3ccccc3=[N+]12. The van der Waals surface area contributed by atoms with E-state index in [1.165, 1.54) is 16.1 Å². The number of benzene rings is 1. The molecule has 17 heavy (non-hydrogen) atoms. The topological polar surface area (TPSA) is 20.1 Å². The van der Waals surface area contributed by atoms with E-state index in [1.807, 2.05) is 23.9 Å². The van der Waals surface area contributed by atoms with Crippen LogP contribution in [0.25, 0.3) is 6.08 Å². The Kier molecular flexibility index (Phi) is 3.08. The molecule has 1 aromatic rings. The average Bonchev–Trinajstić information content (AvgIpc) is 2.82. The number of carbonyl (C=O) groups is 1. The molecule has 1 saturated heterocycles. The molecule has 86 valence electrons. The van der Waals surface area contributed by atoms with Crippen molar-refractivity contribution >= 4 is 46.7 Å². The van der Waals surface area contributed by atoms with Gasteiger partial charge in [-0.05, 0) is 16.2 Å². The number of hydrogen-bond acceptors (Lipinski definition) is 2. The highest BCUT2D eigenvalue weighted by atomic mass is 127. The zero-order chi connectivity index (χ0) is 11.8. The Hall–Kier alpha value is -0.620. The van der Waals surface area contributed by atoms with Crippen molar-refractivity contribution in [2.75, 3.05) is 5.75 Å². The Labute approximate surface area is 117 Å². The van der Waals surface area contributed by atoms with Crippen LogP contribution in [-0.4, -0.2) is 23.5 Å². The molecule has 2 unspecified atom stereocenters. The number of fused-ring (bicyclic) bond motifs is 2. The highest BCUT2D eigenvalue weighted by Gasteiger charge is 2.41. The maximum atomic E-state index is 11.2. The van der Waals surface area contributed by atoms with Gasteiger partial charge in [0, 0.05) is 16.9 Å². The standard InChI is InChI=1S/C13H11INOS/c14-6-10-5-9-3-1-2-4-12(9)15-11(7-16)8-17-13(10)15/h1-7,11,13H,8H2/q+1. The monoisotopic (exact) mass is 356 g/mol. The van der Waals surface area contributed by atoms with Gasteiger partial charge in [0.25, 0.3) is 0 Å². The van der Waals surface area contributed by atoms with Crippen LogP contribution in [0.1, 0.15) is 0 Å². The second-order valence-electron chi connectivity index (χ2n) is 4.11. The van der Waals surface area contributed by atoms with E-state index in [0.29, 0.717) is 5.37 Å². The lowest BCUT2D eigenvalue weighted by Gasteiger charge is -2.13. The van der Waals surface area contributed by atoms with Gasteiger partial charge in [-0.25, -0.2) is 4.58 Å². The van der Waals surface area contributed by atoms with Crippen molar-refractivity contribution < 1.29 is 4.79 Å². The third-order valence-electron chi connectivity index (χ3n) is 3.14. The number of rotatable bonds is 1. The lowest BCUT2D eigenvalue weighted by atomic mass is 10.1. The molecule has 2 atom stereocenters. The molecular formula is C13H11INOS+. The van der Waals surface area contributed by atoms with Crippen LogP contribution in [0.5, 0.6) is 0 Å². The van der Waals surface area contributed by atoms with Crippen LogP contribution in [0.15, 0.2) is 33.9 Å². The summed E-state index contributed by atoms with van der Waals surface area (Å²) in [5.41, 5.74) is 1.29. The molecule has 2 aliphatic heterocycles. The van der Waals surface area contributed by atoms with E-state index in [2.05, 4.69) is 49.5 Å². The fraction of sp³-hybridized carbons (Fsp3) is 0.231. The third-order valence-corrected chi connectivity index (χ3v) is 5.21. The van der Waals surface area contributed by atoms with Gasteiger partial charge >= 0.3 is 0 Å². The van der Waals surface area contributed by atoms with E-state index in [4.69, 9.17) is 0 Å². The van der Waals surface area contributed by atoms with E-state index in [1.54, 1.807) is 0 Å². The number of carbonyl (C=O) groups excluding carboxylic acids is 1. The quantitative estimate of drug-likeness (QED) is 0.424. The summed E-state index contributed by atoms with van der Waals surface area (Å²) >= 11 is 4.13. The van der Waals surface area contributed by atoms with Crippen molar-refractivity contribution in [3.63, 3.8) is 0 Å². The Balaban J connectivity index is 2.38. The summed E-state index contributed by atoms with van der Waals surface area (Å²) in [5, 5.41) is 2.69. The van der Waals surface area contributed by atoms with E-state index in [-0.39, 0.29) is 6.04 Å². The number of para-hydroxylation sites is 1. The van der Waals surface area contributed by atoms with Crippen LogP contribution in [0.4, 0.5) is 0 Å². The molecule has 0 bridgehead atoms. The Bertz CT molecular complexity index is 623. The summed E-state index contributed by atoms with van der Waals surface area (Å²) in [4.78, 5) is 11.2. The summed E-state index contributed by atoms with van der Waals surface area (Å²) in [6, 6.07) is 8.29. The summed E-state index contributed by atoms with van der Waals surface area (Å²) in [5.74, 6) is 0.879. The van der Waals surface area contributed by atoms with Gasteiger partial charge in [0.1, 0.15) is 0 Å². The predicted molar refractivity (Wildman–Crippen MR) is 79.6 cm³/mol. The maximum Gasteiger partial charge on any atom is 0.226 e. The van der Waals surface area contributed by atoms with E-state index >= 15 is 0 Å². The smallest absolute Gasteiger partial charge is 0.226 e. The normalized spacial score (nSPS) is 28.5. The lowest BCUT2D eigenvalue weighted by Crippen LogP contribution is -2.50. The second-order valence-corrected chi connectivity index (χ2v) is 5.84. The second kappa shape index (κ2) is 4.57. The van der Waals surface area contributed by atoms with Crippen molar-refractivity contribution in [2.45, 2.75) is 11.4 Å². The third kappa shape index (κ3) is 1.78. The molecule has 3 rings (SSSR count). The zero-order valence-electron chi connectivity index (χ0n) is 9.04. The molecule has 1 aromatic carbocycles. The van der Waals surface area contributed by atoms with Crippen LogP contribution >= 0.6 is 34.4 Å². The first-order valence-corrected chi connectivity index (χ1v) is 7.74. The summed E-state index contributed by atoms with van der Waals surface area (Å²) in [7, 11) is 0. The highest BCUT2D eigenvalue weighted by molar-refractivity contribution is 14.1. The van der Waals surface area contributed by atoms with E-state index in [9.17, 15) is 4.79 Å². The summed E-state index contributed by atoms with van der Waals surface area (Å²) < 4.78 is 4.36. The minimum Gasteiger partial charge on any atom is -0.296 e. The van der Waals surface area contributed by atoms with Crippen LogP contribution < -0.4 is 15.2 Å². The van der Waals surface area contributed by atoms with Gasteiger partial charge in [-0.15, -0.1) is 0 Å². The molecular weight excluding hydrogens is 345 g/mol. The van der Waals surface area contributed by atoms with Crippen molar-refractivity contribution in [3.8, 4) is 0 Å². The largest absolute Gasteiger partial charge is 0.296 e. The molecule has 0 aliphatic carbocycles. The van der Waals surface area contributed by atoms with Gasteiger partial charge in [0.05, 0.1) is 5.75 Å².